The first kappa shape index (κ1) is 6.65. The van der Waals surface area contributed by atoms with E-state index in [1.165, 1.54) is 0 Å². The second-order valence-corrected chi connectivity index (χ2v) is 2.99. The SMILES string of the molecule is Nn1ccc2cc3c(cc21)OCO3. The largest absolute Gasteiger partial charge is 0.454 e. The molecule has 0 saturated heterocycles. The van der Waals surface area contributed by atoms with E-state index in [0.29, 0.717) is 6.79 Å². The van der Waals surface area contributed by atoms with Crippen LogP contribution in [0.1, 0.15) is 0 Å². The maximum atomic E-state index is 5.69. The number of nitrogen functional groups attached to an aromatic ring is 1. The van der Waals surface area contributed by atoms with Gasteiger partial charge in [-0.25, -0.2) is 0 Å². The molecule has 1 aliphatic heterocycles. The Labute approximate surface area is 74.4 Å². The average molecular weight is 176 g/mol. The van der Waals surface area contributed by atoms with E-state index in [9.17, 15) is 0 Å². The molecular formula is C9H8N2O2. The number of ether oxygens (including phenoxy) is 2. The van der Waals surface area contributed by atoms with E-state index < -0.39 is 0 Å². The van der Waals surface area contributed by atoms with E-state index in [1.54, 1.807) is 10.9 Å². The van der Waals surface area contributed by atoms with E-state index in [2.05, 4.69) is 0 Å². The Morgan fingerprint density at radius 3 is 2.85 bits per heavy atom. The van der Waals surface area contributed by atoms with Crippen LogP contribution in [0.25, 0.3) is 10.9 Å². The number of nitrogens with two attached hydrogens (primary N) is 1. The molecule has 1 aliphatic rings. The molecule has 0 spiro atoms. The molecule has 0 radical (unpaired) electrons. The third-order valence-electron chi connectivity index (χ3n) is 2.21. The third-order valence-corrected chi connectivity index (χ3v) is 2.21. The molecule has 0 aliphatic carbocycles. The first-order valence-electron chi connectivity index (χ1n) is 4.00. The molecule has 4 heteroatoms. The van der Waals surface area contributed by atoms with Gasteiger partial charge in [-0.05, 0) is 12.1 Å². The zero-order valence-corrected chi connectivity index (χ0v) is 6.86. The molecule has 0 bridgehead atoms. The van der Waals surface area contributed by atoms with Crippen molar-refractivity contribution >= 4 is 10.9 Å². The van der Waals surface area contributed by atoms with Crippen molar-refractivity contribution in [3.8, 4) is 11.5 Å². The van der Waals surface area contributed by atoms with Crippen LogP contribution in [0.3, 0.4) is 0 Å². The van der Waals surface area contributed by atoms with Crippen molar-refractivity contribution in [3.63, 3.8) is 0 Å². The molecule has 0 unspecified atom stereocenters. The van der Waals surface area contributed by atoms with Crippen LogP contribution < -0.4 is 15.3 Å². The van der Waals surface area contributed by atoms with Crippen molar-refractivity contribution in [1.29, 1.82) is 0 Å². The summed E-state index contributed by atoms with van der Waals surface area (Å²) in [7, 11) is 0. The second-order valence-electron chi connectivity index (χ2n) is 2.99. The Hall–Kier alpha value is -1.84. The first-order valence-corrected chi connectivity index (χ1v) is 4.00. The normalized spacial score (nSPS) is 13.8. The van der Waals surface area contributed by atoms with E-state index in [-0.39, 0.29) is 0 Å². The van der Waals surface area contributed by atoms with Crippen molar-refractivity contribution in [3.05, 3.63) is 24.4 Å². The summed E-state index contributed by atoms with van der Waals surface area (Å²) in [5.74, 6) is 7.24. The molecule has 0 atom stereocenters. The number of aromatic nitrogens is 1. The number of rotatable bonds is 0. The van der Waals surface area contributed by atoms with Gasteiger partial charge in [0, 0.05) is 17.6 Å². The van der Waals surface area contributed by atoms with Gasteiger partial charge >= 0.3 is 0 Å². The molecule has 2 N–H and O–H groups in total. The van der Waals surface area contributed by atoms with Gasteiger partial charge in [-0.2, -0.15) is 0 Å². The van der Waals surface area contributed by atoms with Gasteiger partial charge in [0.15, 0.2) is 11.5 Å². The Morgan fingerprint density at radius 1 is 1.23 bits per heavy atom. The fraction of sp³-hybridized carbons (Fsp3) is 0.111. The summed E-state index contributed by atoms with van der Waals surface area (Å²) >= 11 is 0. The maximum Gasteiger partial charge on any atom is 0.231 e. The predicted octanol–water partition coefficient (Wildman–Crippen LogP) is 1.08. The van der Waals surface area contributed by atoms with E-state index in [1.807, 2.05) is 18.2 Å². The molecule has 1 aromatic heterocycles. The summed E-state index contributed by atoms with van der Waals surface area (Å²) in [6, 6.07) is 5.76. The number of hydrogen-bond donors (Lipinski definition) is 1. The lowest BCUT2D eigenvalue weighted by Crippen LogP contribution is -2.04. The Balaban J connectivity index is 2.38. The van der Waals surface area contributed by atoms with Crippen LogP contribution in [-0.4, -0.2) is 11.5 Å². The highest BCUT2D eigenvalue weighted by molar-refractivity contribution is 5.84. The van der Waals surface area contributed by atoms with Gasteiger partial charge in [-0.15, -0.1) is 0 Å². The smallest absolute Gasteiger partial charge is 0.231 e. The summed E-state index contributed by atoms with van der Waals surface area (Å²) in [5, 5.41) is 1.06. The molecule has 0 fully saturated rings. The van der Waals surface area contributed by atoms with Crippen molar-refractivity contribution < 1.29 is 9.47 Å². The van der Waals surface area contributed by atoms with Crippen LogP contribution in [0.2, 0.25) is 0 Å². The first-order chi connectivity index (χ1) is 6.34. The third kappa shape index (κ3) is 0.796. The highest BCUT2D eigenvalue weighted by Gasteiger charge is 2.14. The standard InChI is InChI=1S/C9H8N2O2/c10-11-2-1-6-3-8-9(4-7(6)11)13-5-12-8/h1-4H,5,10H2. The molecule has 3 rings (SSSR count). The van der Waals surface area contributed by atoms with E-state index >= 15 is 0 Å². The predicted molar refractivity (Wildman–Crippen MR) is 48.2 cm³/mol. The van der Waals surface area contributed by atoms with Crippen molar-refractivity contribution in [2.45, 2.75) is 0 Å². The van der Waals surface area contributed by atoms with Crippen molar-refractivity contribution in [2.24, 2.45) is 0 Å². The molecule has 0 saturated carbocycles. The lowest BCUT2D eigenvalue weighted by molar-refractivity contribution is 0.174. The van der Waals surface area contributed by atoms with E-state index in [4.69, 9.17) is 15.3 Å². The lowest BCUT2D eigenvalue weighted by Gasteiger charge is -1.98. The average Bonchev–Trinajstić information content (AvgIpc) is 2.70. The summed E-state index contributed by atoms with van der Waals surface area (Å²) in [4.78, 5) is 0. The monoisotopic (exact) mass is 176 g/mol. The van der Waals surface area contributed by atoms with Gasteiger partial charge in [-0.3, -0.25) is 4.68 Å². The number of fused-ring (bicyclic) bond motifs is 2. The molecule has 13 heavy (non-hydrogen) atoms. The van der Waals surface area contributed by atoms with Gasteiger partial charge in [0.1, 0.15) is 0 Å². The molecule has 0 amide bonds. The molecule has 2 heterocycles. The quantitative estimate of drug-likeness (QED) is 0.611. The topological polar surface area (TPSA) is 49.4 Å². The van der Waals surface area contributed by atoms with Gasteiger partial charge in [0.25, 0.3) is 0 Å². The van der Waals surface area contributed by atoms with Crippen LogP contribution in [0.15, 0.2) is 24.4 Å². The Kier molecular flexibility index (Phi) is 1.07. The fourth-order valence-corrected chi connectivity index (χ4v) is 1.54. The Morgan fingerprint density at radius 2 is 2.00 bits per heavy atom. The summed E-state index contributed by atoms with van der Waals surface area (Å²) in [6.07, 6.45) is 1.81. The minimum absolute atomic E-state index is 0.298. The number of hydrogen-bond acceptors (Lipinski definition) is 3. The maximum absolute atomic E-state index is 5.69. The zero-order valence-electron chi connectivity index (χ0n) is 6.86. The molecule has 4 nitrogen and oxygen atoms in total. The fourth-order valence-electron chi connectivity index (χ4n) is 1.54. The van der Waals surface area contributed by atoms with Gasteiger partial charge < -0.3 is 15.3 Å². The lowest BCUT2D eigenvalue weighted by atomic mass is 10.2. The Bertz CT molecular complexity index is 476. The molecule has 66 valence electrons. The van der Waals surface area contributed by atoms with Crippen LogP contribution in [0, 0.1) is 0 Å². The van der Waals surface area contributed by atoms with Crippen LogP contribution in [0.4, 0.5) is 0 Å². The van der Waals surface area contributed by atoms with Crippen LogP contribution in [-0.2, 0) is 0 Å². The summed E-state index contributed by atoms with van der Waals surface area (Å²) < 4.78 is 12.1. The van der Waals surface area contributed by atoms with Gasteiger partial charge in [0.2, 0.25) is 6.79 Å². The molecule has 1 aromatic carbocycles. The van der Waals surface area contributed by atoms with Gasteiger partial charge in [0.05, 0.1) is 5.52 Å². The number of nitrogens with zero attached hydrogens (tertiary/aromatic N) is 1. The van der Waals surface area contributed by atoms with E-state index in [0.717, 1.165) is 22.4 Å². The number of benzene rings is 1. The van der Waals surface area contributed by atoms with Crippen LogP contribution in [0.5, 0.6) is 11.5 Å². The van der Waals surface area contributed by atoms with Crippen molar-refractivity contribution in [2.75, 3.05) is 12.6 Å². The molecule has 2 aromatic rings. The van der Waals surface area contributed by atoms with Crippen LogP contribution >= 0.6 is 0 Å². The second kappa shape index (κ2) is 2.10. The summed E-state index contributed by atoms with van der Waals surface area (Å²) in [5.41, 5.74) is 0.948. The highest BCUT2D eigenvalue weighted by atomic mass is 16.7. The zero-order chi connectivity index (χ0) is 8.84. The van der Waals surface area contributed by atoms with Gasteiger partial charge in [-0.1, -0.05) is 0 Å². The molecular weight excluding hydrogens is 168 g/mol. The summed E-state index contributed by atoms with van der Waals surface area (Å²) in [6.45, 7) is 0.298. The minimum atomic E-state index is 0.298. The van der Waals surface area contributed by atoms with Crippen molar-refractivity contribution in [1.82, 2.24) is 4.68 Å². The highest BCUT2D eigenvalue weighted by Crippen LogP contribution is 2.35. The minimum Gasteiger partial charge on any atom is -0.454 e.